The van der Waals surface area contributed by atoms with Crippen LogP contribution >= 0.6 is 0 Å². The summed E-state index contributed by atoms with van der Waals surface area (Å²) in [6.07, 6.45) is 0.789. The number of carboxylic acids is 1. The zero-order valence-corrected chi connectivity index (χ0v) is 10.5. The van der Waals surface area contributed by atoms with Gasteiger partial charge in [-0.15, -0.1) is 0 Å². The summed E-state index contributed by atoms with van der Waals surface area (Å²) in [6.45, 7) is 0.385. The van der Waals surface area contributed by atoms with Crippen LogP contribution in [0.15, 0.2) is 42.6 Å². The van der Waals surface area contributed by atoms with Crippen LogP contribution in [0.2, 0.25) is 0 Å². The minimum Gasteiger partial charge on any atom is -0.475 e. The molecule has 1 aromatic heterocycles. The number of carbonyl (C=O) groups is 3. The number of rotatable bonds is 6. The van der Waals surface area contributed by atoms with Crippen LogP contribution in [0.4, 0.5) is 0 Å². The number of hydrogen-bond acceptors (Lipinski definition) is 4. The van der Waals surface area contributed by atoms with Gasteiger partial charge in [0.15, 0.2) is 5.78 Å². The highest BCUT2D eigenvalue weighted by Gasteiger charge is 2.20. The summed E-state index contributed by atoms with van der Waals surface area (Å²) in [4.78, 5) is 33.4. The SMILES string of the molecule is O=C(O)C(=O)CC(=O)c1ccnn1Cc1ccccc1. The Labute approximate surface area is 114 Å². The van der Waals surface area contributed by atoms with Gasteiger partial charge < -0.3 is 5.11 Å². The summed E-state index contributed by atoms with van der Waals surface area (Å²) >= 11 is 0. The first-order chi connectivity index (χ1) is 9.58. The molecule has 1 aromatic carbocycles. The van der Waals surface area contributed by atoms with E-state index in [2.05, 4.69) is 5.10 Å². The molecule has 0 amide bonds. The molecule has 0 unspecified atom stereocenters. The van der Waals surface area contributed by atoms with Crippen molar-refractivity contribution in [1.29, 1.82) is 0 Å². The fourth-order valence-corrected chi connectivity index (χ4v) is 1.76. The molecule has 0 fully saturated rings. The third-order valence-corrected chi connectivity index (χ3v) is 2.74. The fraction of sp³-hybridized carbons (Fsp3) is 0.143. The van der Waals surface area contributed by atoms with Crippen molar-refractivity contribution >= 4 is 17.5 Å². The average Bonchev–Trinajstić information content (AvgIpc) is 2.88. The Morgan fingerprint density at radius 3 is 2.45 bits per heavy atom. The highest BCUT2D eigenvalue weighted by atomic mass is 16.4. The standard InChI is InChI=1S/C14H12N2O4/c17-12(8-13(18)14(19)20)11-6-7-15-16(11)9-10-4-2-1-3-5-10/h1-7H,8-9H2,(H,19,20). The number of hydrogen-bond donors (Lipinski definition) is 1. The Morgan fingerprint density at radius 1 is 1.10 bits per heavy atom. The number of Topliss-reactive ketones (excluding diaryl/α,β-unsaturated/α-hetero) is 2. The van der Waals surface area contributed by atoms with Crippen molar-refractivity contribution < 1.29 is 19.5 Å². The van der Waals surface area contributed by atoms with Crippen LogP contribution in [0.25, 0.3) is 0 Å². The molecular formula is C14H12N2O4. The van der Waals surface area contributed by atoms with E-state index in [0.717, 1.165) is 5.56 Å². The lowest BCUT2D eigenvalue weighted by atomic mass is 10.1. The molecule has 20 heavy (non-hydrogen) atoms. The molecule has 6 nitrogen and oxygen atoms in total. The van der Waals surface area contributed by atoms with Gasteiger partial charge >= 0.3 is 5.97 Å². The molecule has 0 radical (unpaired) electrons. The highest BCUT2D eigenvalue weighted by Crippen LogP contribution is 2.08. The molecule has 0 aliphatic heterocycles. The van der Waals surface area contributed by atoms with Gasteiger partial charge in [0.05, 0.1) is 13.0 Å². The van der Waals surface area contributed by atoms with Crippen LogP contribution in [0, 0.1) is 0 Å². The highest BCUT2D eigenvalue weighted by molar-refractivity contribution is 6.37. The van der Waals surface area contributed by atoms with Crippen molar-refractivity contribution in [1.82, 2.24) is 9.78 Å². The molecule has 0 saturated carbocycles. The summed E-state index contributed by atoms with van der Waals surface area (Å²) in [6, 6.07) is 10.9. The van der Waals surface area contributed by atoms with Crippen molar-refractivity contribution in [2.24, 2.45) is 0 Å². The maximum Gasteiger partial charge on any atom is 0.372 e. The lowest BCUT2D eigenvalue weighted by molar-refractivity contribution is -0.148. The first-order valence-corrected chi connectivity index (χ1v) is 5.93. The van der Waals surface area contributed by atoms with E-state index < -0.39 is 24.0 Å². The van der Waals surface area contributed by atoms with Crippen LogP contribution < -0.4 is 0 Å². The van der Waals surface area contributed by atoms with Gasteiger partial charge in [-0.25, -0.2) is 4.79 Å². The molecule has 0 atom stereocenters. The van der Waals surface area contributed by atoms with Crippen LogP contribution in [0.3, 0.4) is 0 Å². The van der Waals surface area contributed by atoms with Crippen LogP contribution in [-0.4, -0.2) is 32.4 Å². The Hall–Kier alpha value is -2.76. The first kappa shape index (κ1) is 13.7. The monoisotopic (exact) mass is 272 g/mol. The summed E-state index contributed by atoms with van der Waals surface area (Å²) in [5.41, 5.74) is 1.18. The van der Waals surface area contributed by atoms with Gasteiger partial charge in [-0.1, -0.05) is 30.3 Å². The van der Waals surface area contributed by atoms with Gasteiger partial charge in [0, 0.05) is 6.20 Å². The normalized spacial score (nSPS) is 10.2. The van der Waals surface area contributed by atoms with Crippen LogP contribution in [-0.2, 0) is 16.1 Å². The van der Waals surface area contributed by atoms with E-state index >= 15 is 0 Å². The second-order valence-corrected chi connectivity index (χ2v) is 4.19. The lowest BCUT2D eigenvalue weighted by Crippen LogP contribution is -2.19. The van der Waals surface area contributed by atoms with Crippen molar-refractivity contribution in [2.45, 2.75) is 13.0 Å². The van der Waals surface area contributed by atoms with Gasteiger partial charge in [-0.05, 0) is 11.6 Å². The van der Waals surface area contributed by atoms with Crippen molar-refractivity contribution in [3.63, 3.8) is 0 Å². The van der Waals surface area contributed by atoms with Gasteiger partial charge in [0.1, 0.15) is 5.69 Å². The van der Waals surface area contributed by atoms with Gasteiger partial charge in [-0.2, -0.15) is 5.10 Å². The minimum atomic E-state index is -1.60. The van der Waals surface area contributed by atoms with Crippen LogP contribution in [0.5, 0.6) is 0 Å². The molecule has 2 rings (SSSR count). The largest absolute Gasteiger partial charge is 0.475 e. The quantitative estimate of drug-likeness (QED) is 0.484. The van der Waals surface area contributed by atoms with E-state index in [0.29, 0.717) is 6.54 Å². The summed E-state index contributed by atoms with van der Waals surface area (Å²) in [5, 5.41) is 12.5. The van der Waals surface area contributed by atoms with Crippen molar-refractivity contribution in [3.8, 4) is 0 Å². The number of ketones is 2. The van der Waals surface area contributed by atoms with E-state index in [9.17, 15) is 14.4 Å². The number of nitrogens with zero attached hydrogens (tertiary/aromatic N) is 2. The van der Waals surface area contributed by atoms with E-state index in [1.165, 1.54) is 16.9 Å². The lowest BCUT2D eigenvalue weighted by Gasteiger charge is -2.06. The van der Waals surface area contributed by atoms with E-state index in [1.54, 1.807) is 0 Å². The molecule has 102 valence electrons. The molecule has 0 aliphatic carbocycles. The smallest absolute Gasteiger partial charge is 0.372 e. The predicted octanol–water partition coefficient (Wildman–Crippen LogP) is 1.16. The summed E-state index contributed by atoms with van der Waals surface area (Å²) < 4.78 is 1.45. The fourth-order valence-electron chi connectivity index (χ4n) is 1.76. The predicted molar refractivity (Wildman–Crippen MR) is 69.4 cm³/mol. The molecule has 6 heteroatoms. The molecule has 0 bridgehead atoms. The Bertz CT molecular complexity index is 646. The molecule has 0 spiro atoms. The maximum atomic E-state index is 11.9. The molecule has 2 aromatic rings. The molecule has 1 N–H and O–H groups in total. The molecular weight excluding hydrogens is 260 g/mol. The summed E-state index contributed by atoms with van der Waals surface area (Å²) in [7, 11) is 0. The van der Waals surface area contributed by atoms with Gasteiger partial charge in [-0.3, -0.25) is 14.3 Å². The topological polar surface area (TPSA) is 89.3 Å². The van der Waals surface area contributed by atoms with Gasteiger partial charge in [0.2, 0.25) is 5.78 Å². The summed E-state index contributed by atoms with van der Waals surface area (Å²) in [5.74, 6) is -3.28. The molecule has 1 heterocycles. The zero-order valence-electron chi connectivity index (χ0n) is 10.5. The Balaban J connectivity index is 2.14. The number of aliphatic carboxylic acids is 1. The number of aromatic nitrogens is 2. The number of carbonyl (C=O) groups excluding carboxylic acids is 2. The molecule has 0 saturated heterocycles. The number of carboxylic acid groups (broad SMARTS) is 1. The van der Waals surface area contributed by atoms with Crippen LogP contribution in [0.1, 0.15) is 22.5 Å². The first-order valence-electron chi connectivity index (χ1n) is 5.93. The third-order valence-electron chi connectivity index (χ3n) is 2.74. The van der Waals surface area contributed by atoms with Gasteiger partial charge in [0.25, 0.3) is 0 Å². The third kappa shape index (κ3) is 3.17. The second kappa shape index (κ2) is 5.92. The van der Waals surface area contributed by atoms with E-state index in [1.807, 2.05) is 30.3 Å². The molecule has 0 aliphatic rings. The minimum absolute atomic E-state index is 0.225. The van der Waals surface area contributed by atoms with Crippen molar-refractivity contribution in [2.75, 3.05) is 0 Å². The zero-order chi connectivity index (χ0) is 14.5. The van der Waals surface area contributed by atoms with E-state index in [-0.39, 0.29) is 5.69 Å². The van der Waals surface area contributed by atoms with Crippen molar-refractivity contribution in [3.05, 3.63) is 53.9 Å². The maximum absolute atomic E-state index is 11.9. The second-order valence-electron chi connectivity index (χ2n) is 4.19. The Kier molecular flexibility index (Phi) is 4.05. The average molecular weight is 272 g/mol. The van der Waals surface area contributed by atoms with E-state index in [4.69, 9.17) is 5.11 Å². The Morgan fingerprint density at radius 2 is 1.80 bits per heavy atom. The number of benzene rings is 1.